The van der Waals surface area contributed by atoms with E-state index in [0.29, 0.717) is 19.1 Å². The largest absolute Gasteiger partial charge is 0.495 e. The van der Waals surface area contributed by atoms with Gasteiger partial charge in [0.2, 0.25) is 0 Å². The third kappa shape index (κ3) is 2.38. The van der Waals surface area contributed by atoms with Crippen LogP contribution in [0.5, 0.6) is 5.75 Å². The predicted octanol–water partition coefficient (Wildman–Crippen LogP) is 2.42. The fourth-order valence-electron chi connectivity index (χ4n) is 2.87. The molecular formula is C16H23NO3. The summed E-state index contributed by atoms with van der Waals surface area (Å²) < 4.78 is 16.8. The molecule has 2 fully saturated rings. The van der Waals surface area contributed by atoms with Crippen LogP contribution in [-0.4, -0.2) is 45.6 Å². The Bertz CT molecular complexity index is 483. The van der Waals surface area contributed by atoms with E-state index in [1.54, 1.807) is 7.11 Å². The second-order valence-corrected chi connectivity index (χ2v) is 6.03. The summed E-state index contributed by atoms with van der Waals surface area (Å²) in [7, 11) is 1.74. The number of rotatable bonds is 3. The monoisotopic (exact) mass is 277 g/mol. The van der Waals surface area contributed by atoms with Crippen LogP contribution in [0.15, 0.2) is 18.2 Å². The van der Waals surface area contributed by atoms with Crippen molar-refractivity contribution in [2.75, 3.05) is 44.9 Å². The maximum Gasteiger partial charge on any atom is 0.142 e. The van der Waals surface area contributed by atoms with Crippen molar-refractivity contribution in [2.45, 2.75) is 25.4 Å². The number of benzene rings is 1. The Kier molecular flexibility index (Phi) is 3.61. The molecule has 2 aliphatic heterocycles. The first-order valence-electron chi connectivity index (χ1n) is 7.28. The lowest BCUT2D eigenvalue weighted by atomic mass is 9.98. The standard InChI is InChI=1S/C16H23NO3/c1-12(2)13-4-5-14(15(8-13)18-3)17-6-7-20-16(9-17)10-19-11-16/h4-5,8,12H,6-7,9-11H2,1-3H3. The summed E-state index contributed by atoms with van der Waals surface area (Å²) in [4.78, 5) is 2.36. The van der Waals surface area contributed by atoms with E-state index < -0.39 is 0 Å². The first kappa shape index (κ1) is 13.7. The average molecular weight is 277 g/mol. The molecule has 0 bridgehead atoms. The van der Waals surface area contributed by atoms with Gasteiger partial charge in [0.05, 0.1) is 39.2 Å². The number of hydrogen-bond acceptors (Lipinski definition) is 4. The van der Waals surface area contributed by atoms with E-state index in [9.17, 15) is 0 Å². The van der Waals surface area contributed by atoms with E-state index in [-0.39, 0.29) is 5.60 Å². The van der Waals surface area contributed by atoms with Crippen molar-refractivity contribution in [3.63, 3.8) is 0 Å². The van der Waals surface area contributed by atoms with Gasteiger partial charge in [-0.1, -0.05) is 19.9 Å². The molecule has 2 saturated heterocycles. The number of hydrogen-bond donors (Lipinski definition) is 0. The predicted molar refractivity (Wildman–Crippen MR) is 78.8 cm³/mol. The first-order valence-corrected chi connectivity index (χ1v) is 7.28. The fourth-order valence-corrected chi connectivity index (χ4v) is 2.87. The number of methoxy groups -OCH3 is 1. The third-order valence-electron chi connectivity index (χ3n) is 4.19. The zero-order valence-electron chi connectivity index (χ0n) is 12.5. The van der Waals surface area contributed by atoms with Gasteiger partial charge in [-0.05, 0) is 23.6 Å². The Morgan fingerprint density at radius 3 is 2.70 bits per heavy atom. The molecule has 4 nitrogen and oxygen atoms in total. The molecule has 2 heterocycles. The molecule has 0 unspecified atom stereocenters. The van der Waals surface area contributed by atoms with Crippen LogP contribution in [0, 0.1) is 0 Å². The van der Waals surface area contributed by atoms with E-state index in [1.165, 1.54) is 5.56 Å². The van der Waals surface area contributed by atoms with Gasteiger partial charge in [0.1, 0.15) is 11.4 Å². The van der Waals surface area contributed by atoms with Crippen molar-refractivity contribution in [2.24, 2.45) is 0 Å². The van der Waals surface area contributed by atoms with E-state index in [2.05, 4.69) is 36.9 Å². The summed E-state index contributed by atoms with van der Waals surface area (Å²) in [6.07, 6.45) is 0. The Morgan fingerprint density at radius 2 is 2.10 bits per heavy atom. The zero-order valence-corrected chi connectivity index (χ0v) is 12.5. The SMILES string of the molecule is COc1cc(C(C)C)ccc1N1CCOC2(COC2)C1. The molecule has 110 valence electrons. The molecule has 0 radical (unpaired) electrons. The third-order valence-corrected chi connectivity index (χ3v) is 4.19. The average Bonchev–Trinajstić information content (AvgIpc) is 2.45. The van der Waals surface area contributed by atoms with Gasteiger partial charge in [-0.25, -0.2) is 0 Å². The molecule has 4 heteroatoms. The topological polar surface area (TPSA) is 30.9 Å². The summed E-state index contributed by atoms with van der Waals surface area (Å²) in [6.45, 7) is 8.33. The van der Waals surface area contributed by atoms with Crippen LogP contribution in [0.2, 0.25) is 0 Å². The zero-order chi connectivity index (χ0) is 14.2. The van der Waals surface area contributed by atoms with Crippen LogP contribution in [0.1, 0.15) is 25.3 Å². The van der Waals surface area contributed by atoms with Crippen LogP contribution in [0.3, 0.4) is 0 Å². The van der Waals surface area contributed by atoms with E-state index in [1.807, 2.05) is 0 Å². The Balaban J connectivity index is 1.85. The number of anilines is 1. The minimum Gasteiger partial charge on any atom is -0.495 e. The smallest absolute Gasteiger partial charge is 0.142 e. The van der Waals surface area contributed by atoms with Crippen molar-refractivity contribution in [3.05, 3.63) is 23.8 Å². The number of ether oxygens (including phenoxy) is 3. The molecule has 0 aromatic heterocycles. The van der Waals surface area contributed by atoms with Crippen molar-refractivity contribution in [1.29, 1.82) is 0 Å². The molecule has 0 saturated carbocycles. The van der Waals surface area contributed by atoms with Crippen LogP contribution < -0.4 is 9.64 Å². The van der Waals surface area contributed by atoms with Crippen LogP contribution in [-0.2, 0) is 9.47 Å². The van der Waals surface area contributed by atoms with Gasteiger partial charge in [-0.15, -0.1) is 0 Å². The van der Waals surface area contributed by atoms with Crippen LogP contribution in [0.4, 0.5) is 5.69 Å². The first-order chi connectivity index (χ1) is 9.63. The summed E-state index contributed by atoms with van der Waals surface area (Å²) in [5, 5.41) is 0. The van der Waals surface area contributed by atoms with Gasteiger partial charge in [0.15, 0.2) is 0 Å². The van der Waals surface area contributed by atoms with Gasteiger partial charge in [0, 0.05) is 6.54 Å². The molecule has 1 aromatic carbocycles. The lowest BCUT2D eigenvalue weighted by Crippen LogP contribution is -2.63. The molecule has 2 aliphatic rings. The lowest BCUT2D eigenvalue weighted by Gasteiger charge is -2.48. The van der Waals surface area contributed by atoms with Crippen LogP contribution in [0.25, 0.3) is 0 Å². The normalized spacial score (nSPS) is 21.1. The highest BCUT2D eigenvalue weighted by atomic mass is 16.6. The van der Waals surface area contributed by atoms with E-state index >= 15 is 0 Å². The van der Waals surface area contributed by atoms with Gasteiger partial charge >= 0.3 is 0 Å². The van der Waals surface area contributed by atoms with Crippen molar-refractivity contribution < 1.29 is 14.2 Å². The van der Waals surface area contributed by atoms with Crippen molar-refractivity contribution in [3.8, 4) is 5.75 Å². The minimum absolute atomic E-state index is 0.0972. The number of morpholine rings is 1. The summed E-state index contributed by atoms with van der Waals surface area (Å²) in [6, 6.07) is 6.52. The molecule has 1 aromatic rings. The Morgan fingerprint density at radius 1 is 1.30 bits per heavy atom. The Hall–Kier alpha value is -1.26. The van der Waals surface area contributed by atoms with Crippen molar-refractivity contribution >= 4 is 5.69 Å². The summed E-state index contributed by atoms with van der Waals surface area (Å²) in [5.74, 6) is 1.46. The fraction of sp³-hybridized carbons (Fsp3) is 0.625. The summed E-state index contributed by atoms with van der Waals surface area (Å²) in [5.41, 5.74) is 2.37. The molecule has 0 N–H and O–H groups in total. The quantitative estimate of drug-likeness (QED) is 0.849. The van der Waals surface area contributed by atoms with E-state index in [4.69, 9.17) is 14.2 Å². The Labute approximate surface area is 120 Å². The highest BCUT2D eigenvalue weighted by Crippen LogP contribution is 2.35. The molecule has 20 heavy (non-hydrogen) atoms. The van der Waals surface area contributed by atoms with Crippen LogP contribution >= 0.6 is 0 Å². The van der Waals surface area contributed by atoms with E-state index in [0.717, 1.165) is 31.1 Å². The van der Waals surface area contributed by atoms with Gasteiger partial charge in [-0.2, -0.15) is 0 Å². The molecule has 1 spiro atoms. The maximum atomic E-state index is 5.88. The molecule has 3 rings (SSSR count). The highest BCUT2D eigenvalue weighted by molar-refractivity contribution is 5.60. The highest BCUT2D eigenvalue weighted by Gasteiger charge is 2.44. The lowest BCUT2D eigenvalue weighted by molar-refractivity contribution is -0.211. The van der Waals surface area contributed by atoms with Gasteiger partial charge in [0.25, 0.3) is 0 Å². The maximum absolute atomic E-state index is 5.88. The summed E-state index contributed by atoms with van der Waals surface area (Å²) >= 11 is 0. The number of nitrogens with zero attached hydrogens (tertiary/aromatic N) is 1. The second-order valence-electron chi connectivity index (χ2n) is 6.03. The molecule has 0 amide bonds. The van der Waals surface area contributed by atoms with Gasteiger partial charge < -0.3 is 19.1 Å². The molecular weight excluding hydrogens is 254 g/mol. The van der Waals surface area contributed by atoms with Crippen molar-refractivity contribution in [1.82, 2.24) is 0 Å². The molecule has 0 atom stereocenters. The molecule has 0 aliphatic carbocycles. The minimum atomic E-state index is -0.0972. The van der Waals surface area contributed by atoms with Gasteiger partial charge in [-0.3, -0.25) is 0 Å². The second kappa shape index (κ2) is 5.26.